The van der Waals surface area contributed by atoms with E-state index in [1.54, 1.807) is 0 Å². The van der Waals surface area contributed by atoms with Gasteiger partial charge < -0.3 is 4.57 Å². The summed E-state index contributed by atoms with van der Waals surface area (Å²) in [6.45, 7) is 0. The highest BCUT2D eigenvalue weighted by atomic mass is 15.0. The zero-order valence-electron chi connectivity index (χ0n) is 43.6. The molecule has 10 aromatic carbocycles. The van der Waals surface area contributed by atoms with Gasteiger partial charge in [-0.15, -0.1) is 0 Å². The zero-order valence-corrected chi connectivity index (χ0v) is 43.6. The molecule has 0 N–H and O–H groups in total. The Balaban J connectivity index is 1.04. The lowest BCUT2D eigenvalue weighted by Gasteiger charge is -2.25. The summed E-state index contributed by atoms with van der Waals surface area (Å²) in [6.07, 6.45) is 16.6. The number of aromatic nitrogens is 4. The molecule has 2 heterocycles. The van der Waals surface area contributed by atoms with Gasteiger partial charge >= 0.3 is 0 Å². The van der Waals surface area contributed by atoms with E-state index in [2.05, 4.69) is 284 Å². The molecular weight excluding hydrogens is 957 g/mol. The summed E-state index contributed by atoms with van der Waals surface area (Å²) in [4.78, 5) is 16.4. The van der Waals surface area contributed by atoms with Crippen LogP contribution in [0.15, 0.2) is 285 Å². The van der Waals surface area contributed by atoms with Crippen molar-refractivity contribution in [2.75, 3.05) is 0 Å². The molecule has 4 nitrogen and oxygen atoms in total. The first-order valence-corrected chi connectivity index (χ1v) is 27.4. The van der Waals surface area contributed by atoms with Crippen molar-refractivity contribution in [2.24, 2.45) is 0 Å². The van der Waals surface area contributed by atoms with Crippen LogP contribution in [-0.4, -0.2) is 19.5 Å². The fourth-order valence-electron chi connectivity index (χ4n) is 11.7. The van der Waals surface area contributed by atoms with Gasteiger partial charge in [0.2, 0.25) is 0 Å². The van der Waals surface area contributed by atoms with Crippen molar-refractivity contribution in [1.29, 1.82) is 0 Å². The van der Waals surface area contributed by atoms with Gasteiger partial charge in [-0.05, 0) is 135 Å². The van der Waals surface area contributed by atoms with E-state index in [4.69, 9.17) is 15.0 Å². The van der Waals surface area contributed by atoms with Crippen LogP contribution in [0.5, 0.6) is 0 Å². The van der Waals surface area contributed by atoms with Crippen LogP contribution in [0.25, 0.3) is 117 Å². The molecule has 0 unspecified atom stereocenters. The highest BCUT2D eigenvalue weighted by molar-refractivity contribution is 6.11. The molecule has 2 aromatic heterocycles. The van der Waals surface area contributed by atoms with Crippen LogP contribution in [0.4, 0.5) is 0 Å². The van der Waals surface area contributed by atoms with Crippen LogP contribution in [0.2, 0.25) is 0 Å². The first-order valence-electron chi connectivity index (χ1n) is 27.4. The van der Waals surface area contributed by atoms with Crippen molar-refractivity contribution >= 4 is 33.0 Å². The minimum absolute atomic E-state index is 0.00221. The third kappa shape index (κ3) is 9.34. The molecule has 2 aliphatic carbocycles. The van der Waals surface area contributed by atoms with Gasteiger partial charge in [0.25, 0.3) is 0 Å². The van der Waals surface area contributed by atoms with Gasteiger partial charge in [-0.25, -0.2) is 15.0 Å². The fraction of sp³-hybridized carbons (Fsp3) is 0.0533. The van der Waals surface area contributed by atoms with E-state index in [-0.39, 0.29) is 5.92 Å². The van der Waals surface area contributed by atoms with Gasteiger partial charge in [0, 0.05) is 38.9 Å². The maximum Gasteiger partial charge on any atom is 0.164 e. The van der Waals surface area contributed by atoms with Crippen molar-refractivity contribution in [2.45, 2.75) is 25.2 Å². The van der Waals surface area contributed by atoms with Crippen LogP contribution in [0.3, 0.4) is 0 Å². The minimum atomic E-state index is 0.00221. The Bertz CT molecular complexity index is 4340. The van der Waals surface area contributed by atoms with Gasteiger partial charge in [-0.3, -0.25) is 0 Å². The average molecular weight is 1010 g/mol. The van der Waals surface area contributed by atoms with Crippen molar-refractivity contribution in [3.63, 3.8) is 0 Å². The molecule has 0 spiro atoms. The van der Waals surface area contributed by atoms with Crippen molar-refractivity contribution in [1.82, 2.24) is 19.5 Å². The molecule has 1 atom stereocenters. The molecule has 0 aliphatic heterocycles. The monoisotopic (exact) mass is 1010 g/mol. The standard InChI is InChI=1S/C75H54N4/c1-7-21-51(22-8-1)56-35-39-58(40-36-56)67-49-65(75-77-73(60-31-17-6-18-32-60)76-74(78-75)64-46-62(54-27-13-4-14-28-54)45-63(47-64)55-29-15-5-16-30-55)50-68(59-41-37-57(38-42-59)52-23-9-2-10-24-52)72(67)79-70-34-20-19-33-66(70)69-48-61(43-44-71(69)79)53-25-11-3-12-26-53/h1-15,17-29,31-41,43-50,59H,16,30,42H2/t59-/m1/s1. The van der Waals surface area contributed by atoms with Gasteiger partial charge in [0.05, 0.1) is 16.7 Å². The third-order valence-corrected chi connectivity index (χ3v) is 15.7. The molecule has 12 aromatic rings. The maximum atomic E-state index is 5.59. The molecule has 0 fully saturated rings. The van der Waals surface area contributed by atoms with E-state index in [1.807, 2.05) is 6.07 Å². The van der Waals surface area contributed by atoms with Gasteiger partial charge in [-0.2, -0.15) is 0 Å². The quantitative estimate of drug-likeness (QED) is 0.130. The van der Waals surface area contributed by atoms with E-state index in [0.717, 1.165) is 80.5 Å². The van der Waals surface area contributed by atoms with E-state index in [9.17, 15) is 0 Å². The van der Waals surface area contributed by atoms with Crippen LogP contribution >= 0.6 is 0 Å². The number of allylic oxidation sites excluding steroid dienone is 8. The molecule has 14 rings (SSSR count). The van der Waals surface area contributed by atoms with Crippen molar-refractivity contribution in [3.8, 4) is 84.4 Å². The number of hydrogen-bond donors (Lipinski definition) is 0. The van der Waals surface area contributed by atoms with E-state index >= 15 is 0 Å². The van der Waals surface area contributed by atoms with Gasteiger partial charge in [0.1, 0.15) is 0 Å². The summed E-state index contributed by atoms with van der Waals surface area (Å²) in [5.41, 5.74) is 21.4. The Morgan fingerprint density at radius 3 is 1.52 bits per heavy atom. The predicted molar refractivity (Wildman–Crippen MR) is 329 cm³/mol. The number of rotatable bonds is 11. The summed E-state index contributed by atoms with van der Waals surface area (Å²) in [7, 11) is 0. The minimum Gasteiger partial charge on any atom is -0.308 e. The molecule has 2 aliphatic rings. The summed E-state index contributed by atoms with van der Waals surface area (Å²) < 4.78 is 2.53. The molecule has 4 heteroatoms. The largest absolute Gasteiger partial charge is 0.308 e. The summed E-state index contributed by atoms with van der Waals surface area (Å²) >= 11 is 0. The number of fused-ring (bicyclic) bond motifs is 3. The molecule has 0 amide bonds. The van der Waals surface area contributed by atoms with Gasteiger partial charge in [-0.1, -0.05) is 237 Å². The van der Waals surface area contributed by atoms with Crippen molar-refractivity contribution in [3.05, 3.63) is 302 Å². The molecule has 0 bridgehead atoms. The smallest absolute Gasteiger partial charge is 0.164 e. The lowest BCUT2D eigenvalue weighted by molar-refractivity contribution is 0.846. The topological polar surface area (TPSA) is 43.6 Å². The van der Waals surface area contributed by atoms with E-state index in [1.165, 1.54) is 55.3 Å². The highest BCUT2D eigenvalue weighted by Gasteiger charge is 2.27. The molecular formula is C75H54N4. The molecule has 374 valence electrons. The molecule has 0 saturated heterocycles. The van der Waals surface area contributed by atoms with E-state index < -0.39 is 0 Å². The fourth-order valence-corrected chi connectivity index (χ4v) is 11.7. The molecule has 0 radical (unpaired) electrons. The van der Waals surface area contributed by atoms with Crippen LogP contribution in [0.1, 0.15) is 41.9 Å². The Labute approximate surface area is 461 Å². The number of benzene rings is 10. The summed E-state index contributed by atoms with van der Waals surface area (Å²) in [5, 5.41) is 2.40. The van der Waals surface area contributed by atoms with Gasteiger partial charge in [0.15, 0.2) is 17.5 Å². The summed E-state index contributed by atoms with van der Waals surface area (Å²) in [5.74, 6) is 1.86. The molecule has 0 saturated carbocycles. The second-order valence-corrected chi connectivity index (χ2v) is 20.6. The molecule has 79 heavy (non-hydrogen) atoms. The van der Waals surface area contributed by atoms with Crippen LogP contribution in [0, 0.1) is 0 Å². The third-order valence-electron chi connectivity index (χ3n) is 15.7. The van der Waals surface area contributed by atoms with Crippen molar-refractivity contribution < 1.29 is 0 Å². The Kier molecular flexibility index (Phi) is 12.5. The van der Waals surface area contributed by atoms with Crippen LogP contribution < -0.4 is 0 Å². The second-order valence-electron chi connectivity index (χ2n) is 20.6. The number of nitrogens with zero attached hydrogens (tertiary/aromatic N) is 4. The lowest BCUT2D eigenvalue weighted by Crippen LogP contribution is -2.09. The SMILES string of the molecule is C1=CCCC(c2cc(-c3ccccc3)cc(-c3nc(-c4ccccc4)nc(-c4cc(-c5ccc(-c6ccccc6)cc5)c(-n5c6ccccc6c6cc(-c7ccccc7)ccc65)c([C@@H]5C=CC(c6ccccc6)=CC5)c4)n3)c2)=C1. The van der Waals surface area contributed by atoms with Crippen LogP contribution in [-0.2, 0) is 0 Å². The first-order chi connectivity index (χ1) is 39.1. The Hall–Kier alpha value is -10.0. The summed E-state index contributed by atoms with van der Waals surface area (Å²) in [6, 6.07) is 89.6. The van der Waals surface area contributed by atoms with E-state index in [0.29, 0.717) is 17.5 Å². The highest BCUT2D eigenvalue weighted by Crippen LogP contribution is 2.46. The predicted octanol–water partition coefficient (Wildman–Crippen LogP) is 19.5. The Morgan fingerprint density at radius 2 is 0.886 bits per heavy atom. The maximum absolute atomic E-state index is 5.59. The number of hydrogen-bond acceptors (Lipinski definition) is 3. The lowest BCUT2D eigenvalue weighted by atomic mass is 9.84. The number of para-hydroxylation sites is 1. The first kappa shape index (κ1) is 47.4. The normalized spacial score (nSPS) is 14.1. The average Bonchev–Trinajstić information content (AvgIpc) is 3.88. The second kappa shape index (κ2) is 20.8. The Morgan fingerprint density at radius 1 is 0.380 bits per heavy atom. The zero-order chi connectivity index (χ0) is 52.5.